The number of para-hydroxylation sites is 1. The lowest BCUT2D eigenvalue weighted by Gasteiger charge is -2.20. The molecule has 222 valence electrons. The molecule has 0 unspecified atom stereocenters. The van der Waals surface area contributed by atoms with Crippen molar-refractivity contribution in [2.75, 3.05) is 18.1 Å². The lowest BCUT2D eigenvalue weighted by Crippen LogP contribution is -2.30. The number of aromatic nitrogens is 4. The van der Waals surface area contributed by atoms with E-state index < -0.39 is 39.2 Å². The van der Waals surface area contributed by atoms with Crippen molar-refractivity contribution in [3.63, 3.8) is 0 Å². The van der Waals surface area contributed by atoms with Gasteiger partial charge in [0.25, 0.3) is 5.56 Å². The molecule has 0 saturated carbocycles. The Kier molecular flexibility index (Phi) is 6.94. The van der Waals surface area contributed by atoms with Gasteiger partial charge in [-0.1, -0.05) is 17.7 Å². The molecule has 0 saturated heterocycles. The van der Waals surface area contributed by atoms with Crippen LogP contribution in [-0.2, 0) is 34.8 Å². The fraction of sp³-hybridized carbons (Fsp3) is 0.214. The first-order chi connectivity index (χ1) is 20.4. The van der Waals surface area contributed by atoms with Crippen molar-refractivity contribution in [2.24, 2.45) is 7.05 Å². The van der Waals surface area contributed by atoms with Crippen molar-refractivity contribution in [3.05, 3.63) is 92.0 Å². The summed E-state index contributed by atoms with van der Waals surface area (Å²) in [5.74, 6) is -2.13. The topological polar surface area (TPSA) is 137 Å². The van der Waals surface area contributed by atoms with Crippen LogP contribution in [0.3, 0.4) is 0 Å². The first-order valence-electron chi connectivity index (χ1n) is 12.8. The number of nitrogens with zero attached hydrogens (tertiary/aromatic N) is 4. The lowest BCUT2D eigenvalue weighted by atomic mass is 10.0. The van der Waals surface area contributed by atoms with Crippen LogP contribution in [0.2, 0.25) is 5.02 Å². The largest absolute Gasteiger partial charge is 0.465 e. The highest BCUT2D eigenvalue weighted by atomic mass is 35.5. The zero-order valence-corrected chi connectivity index (χ0v) is 24.5. The van der Waals surface area contributed by atoms with Crippen LogP contribution >= 0.6 is 11.6 Å². The number of sulfonamides is 1. The fourth-order valence-electron chi connectivity index (χ4n) is 5.50. The molecule has 1 atom stereocenters. The molecule has 3 aromatic carbocycles. The number of fused-ring (bicyclic) bond motifs is 6. The summed E-state index contributed by atoms with van der Waals surface area (Å²) >= 11 is 6.68. The number of carbonyl (C=O) groups is 1. The van der Waals surface area contributed by atoms with Gasteiger partial charge in [0.05, 0.1) is 57.5 Å². The number of hydrogen-bond acceptors (Lipinski definition) is 8. The van der Waals surface area contributed by atoms with E-state index in [1.807, 2.05) is 0 Å². The van der Waals surface area contributed by atoms with Gasteiger partial charge in [-0.05, 0) is 47.9 Å². The maximum atomic E-state index is 14.4. The average Bonchev–Trinajstić information content (AvgIpc) is 3.16. The predicted molar refractivity (Wildman–Crippen MR) is 156 cm³/mol. The van der Waals surface area contributed by atoms with E-state index in [2.05, 4.69) is 15.1 Å². The van der Waals surface area contributed by atoms with Crippen molar-refractivity contribution >= 4 is 55.2 Å². The number of rotatable bonds is 5. The van der Waals surface area contributed by atoms with Crippen LogP contribution in [0.1, 0.15) is 33.4 Å². The Morgan fingerprint density at radius 2 is 1.93 bits per heavy atom. The van der Waals surface area contributed by atoms with E-state index in [9.17, 15) is 26.8 Å². The van der Waals surface area contributed by atoms with Crippen LogP contribution in [0.25, 0.3) is 27.5 Å². The molecule has 11 nitrogen and oxygen atoms in total. The number of anilines is 1. The summed E-state index contributed by atoms with van der Waals surface area (Å²) in [6, 6.07) is 8.47. The number of methoxy groups -OCH3 is 1. The third-order valence-corrected chi connectivity index (χ3v) is 8.03. The van der Waals surface area contributed by atoms with Crippen molar-refractivity contribution in [2.45, 2.75) is 19.0 Å². The van der Waals surface area contributed by atoms with E-state index in [4.69, 9.17) is 21.3 Å². The van der Waals surface area contributed by atoms with Gasteiger partial charge in [-0.2, -0.15) is 5.10 Å². The lowest BCUT2D eigenvalue weighted by molar-refractivity contribution is 0.0602. The van der Waals surface area contributed by atoms with E-state index >= 15 is 0 Å². The van der Waals surface area contributed by atoms with Gasteiger partial charge in [0, 0.05) is 19.7 Å². The van der Waals surface area contributed by atoms with Crippen molar-refractivity contribution in [1.82, 2.24) is 24.6 Å². The molecule has 2 N–H and O–H groups in total. The van der Waals surface area contributed by atoms with Crippen LogP contribution in [-0.4, -0.2) is 47.1 Å². The first kappa shape index (κ1) is 28.7. The molecular weight excluding hydrogens is 606 g/mol. The number of hydrogen-bond donors (Lipinski definition) is 2. The minimum Gasteiger partial charge on any atom is -0.465 e. The smallest absolute Gasteiger partial charge is 0.340 e. The fourth-order valence-corrected chi connectivity index (χ4v) is 6.31. The minimum absolute atomic E-state index is 0.0180. The van der Waals surface area contributed by atoms with Crippen LogP contribution in [0.4, 0.5) is 14.6 Å². The Hall–Kier alpha value is -4.40. The molecule has 2 aromatic heterocycles. The average molecular weight is 629 g/mol. The summed E-state index contributed by atoms with van der Waals surface area (Å²) in [6.45, 7) is 0.135. The molecule has 15 heteroatoms. The Bertz CT molecular complexity index is 2150. The summed E-state index contributed by atoms with van der Waals surface area (Å²) in [4.78, 5) is 31.8. The Morgan fingerprint density at radius 1 is 1.21 bits per heavy atom. The first-order valence-corrected chi connectivity index (χ1v) is 15.1. The summed E-state index contributed by atoms with van der Waals surface area (Å²) in [7, 11) is -0.961. The third-order valence-electron chi connectivity index (χ3n) is 7.16. The molecule has 0 amide bonds. The number of benzene rings is 3. The van der Waals surface area contributed by atoms with Gasteiger partial charge in [0.15, 0.2) is 5.82 Å². The molecule has 5 aromatic rings. The summed E-state index contributed by atoms with van der Waals surface area (Å²) < 4.78 is 62.6. The number of halogens is 3. The molecule has 0 bridgehead atoms. The number of ether oxygens (including phenoxy) is 1. The molecule has 0 fully saturated rings. The molecule has 43 heavy (non-hydrogen) atoms. The van der Waals surface area contributed by atoms with Gasteiger partial charge in [0.1, 0.15) is 17.5 Å². The van der Waals surface area contributed by atoms with E-state index in [0.717, 1.165) is 12.3 Å². The molecule has 0 spiro atoms. The highest BCUT2D eigenvalue weighted by Gasteiger charge is 2.31. The SMILES string of the molecule is COC(=O)c1cccc2c(=O)n3c(nc12)[C@H](Cc1cc(F)cc(F)c1)NCc1cc(Cl)c2c(NS(C)(=O)=O)nn(C)c2c1-3. The van der Waals surface area contributed by atoms with Gasteiger partial charge < -0.3 is 10.1 Å². The molecule has 0 radical (unpaired) electrons. The summed E-state index contributed by atoms with van der Waals surface area (Å²) in [6.07, 6.45) is 0.994. The molecule has 0 aliphatic carbocycles. The quantitative estimate of drug-likeness (QED) is 0.281. The van der Waals surface area contributed by atoms with Crippen LogP contribution in [0.15, 0.2) is 47.3 Å². The van der Waals surface area contributed by atoms with Crippen molar-refractivity contribution in [3.8, 4) is 5.69 Å². The van der Waals surface area contributed by atoms with Crippen molar-refractivity contribution in [1.29, 1.82) is 0 Å². The van der Waals surface area contributed by atoms with Gasteiger partial charge >= 0.3 is 5.97 Å². The van der Waals surface area contributed by atoms with Crippen LogP contribution < -0.4 is 15.6 Å². The van der Waals surface area contributed by atoms with E-state index in [0.29, 0.717) is 22.3 Å². The van der Waals surface area contributed by atoms with Gasteiger partial charge in [-0.3, -0.25) is 18.8 Å². The Balaban J connectivity index is 1.71. The monoisotopic (exact) mass is 628 g/mol. The van der Waals surface area contributed by atoms with E-state index in [1.165, 1.54) is 46.7 Å². The zero-order chi connectivity index (χ0) is 30.8. The summed E-state index contributed by atoms with van der Waals surface area (Å²) in [5.41, 5.74) is 1.10. The number of nitrogens with one attached hydrogen (secondary N) is 2. The van der Waals surface area contributed by atoms with Gasteiger partial charge in [0.2, 0.25) is 10.0 Å². The van der Waals surface area contributed by atoms with E-state index in [1.54, 1.807) is 13.1 Å². The third kappa shape index (κ3) is 5.00. The highest BCUT2D eigenvalue weighted by Crippen LogP contribution is 2.39. The second-order valence-corrected chi connectivity index (χ2v) is 12.3. The normalized spacial score (nSPS) is 14.8. The number of carbonyl (C=O) groups excluding carboxylic acids is 1. The summed E-state index contributed by atoms with van der Waals surface area (Å²) in [5, 5.41) is 8.18. The van der Waals surface area contributed by atoms with E-state index in [-0.39, 0.29) is 51.5 Å². The molecule has 1 aliphatic heterocycles. The molecule has 6 rings (SSSR count). The zero-order valence-electron chi connectivity index (χ0n) is 22.9. The molecular formula is C28H23ClF2N6O5S. The molecule has 3 heterocycles. The Morgan fingerprint density at radius 3 is 2.60 bits per heavy atom. The number of esters is 1. The molecule has 1 aliphatic rings. The highest BCUT2D eigenvalue weighted by molar-refractivity contribution is 7.92. The second-order valence-electron chi connectivity index (χ2n) is 10.2. The van der Waals surface area contributed by atoms with Gasteiger partial charge in [-0.15, -0.1) is 0 Å². The van der Waals surface area contributed by atoms with Crippen LogP contribution in [0, 0.1) is 11.6 Å². The van der Waals surface area contributed by atoms with Crippen LogP contribution in [0.5, 0.6) is 0 Å². The van der Waals surface area contributed by atoms with Crippen molar-refractivity contribution < 1.29 is 26.7 Å². The van der Waals surface area contributed by atoms with Gasteiger partial charge in [-0.25, -0.2) is 27.0 Å². The predicted octanol–water partition coefficient (Wildman–Crippen LogP) is 3.75. The minimum atomic E-state index is -3.75. The number of aryl methyl sites for hydroxylation is 1. The maximum Gasteiger partial charge on any atom is 0.340 e. The second kappa shape index (κ2) is 10.4. The standard InChI is InChI=1S/C28H23ClF2N6O5S/c1-36-24-21(25(34-36)35-43(3,40)41)19(29)10-14-12-32-20(9-13-7-15(30)11-16(31)8-13)26-33-22-17(27(38)37(26)23(14)24)5-4-6-18(22)28(39)42-2/h4-8,10-11,20,32H,9,12H2,1-3H3,(H,34,35)/t20-/m0/s1. The Labute approximate surface area is 248 Å². The maximum absolute atomic E-state index is 14.4.